The van der Waals surface area contributed by atoms with Crippen LogP contribution in [0, 0.1) is 47.3 Å². The standard InChI is InChI=1S/C37H56O14/c1-19-7-9-26-21(3)30(44-32-36(26)24(19)13-15-34(5,46-32)48-50-36)41-17-23(43-29(40)12-11-28(38)39)18-42-31-22(4)27-10-8-20(2)25-14-16-35(6)47-33(45-31)37(25,27)51-49-35/h19-27,30-33H,7-18H2,1-6H3,(H,38,39)/t19-,20-,21-,22-,24+,25+,26+,27+,30+,31+,32+,33+,34+,35+,36-,37-/m1/s1. The average Bonchev–Trinajstić information content (AvgIpc) is 3.46. The van der Waals surface area contributed by atoms with Crippen LogP contribution in [0.25, 0.3) is 0 Å². The quantitative estimate of drug-likeness (QED) is 0.231. The topological polar surface area (TPSA) is 156 Å². The number of hydrogen-bond acceptors (Lipinski definition) is 13. The van der Waals surface area contributed by atoms with Crippen LogP contribution in [-0.4, -0.2) is 84.3 Å². The third-order valence-electron chi connectivity index (χ3n) is 13.9. The molecule has 10 rings (SSSR count). The second kappa shape index (κ2) is 13.4. The molecule has 2 spiro atoms. The summed E-state index contributed by atoms with van der Waals surface area (Å²) >= 11 is 0. The van der Waals surface area contributed by atoms with Gasteiger partial charge < -0.3 is 38.3 Å². The van der Waals surface area contributed by atoms with Crippen molar-refractivity contribution in [3.63, 3.8) is 0 Å². The van der Waals surface area contributed by atoms with Gasteiger partial charge in [-0.2, -0.15) is 0 Å². The van der Waals surface area contributed by atoms with Crippen LogP contribution in [0.15, 0.2) is 0 Å². The number of rotatable bonds is 10. The Morgan fingerprint density at radius 3 is 1.59 bits per heavy atom. The van der Waals surface area contributed by atoms with E-state index in [0.29, 0.717) is 24.7 Å². The van der Waals surface area contributed by atoms with Crippen molar-refractivity contribution in [3.05, 3.63) is 0 Å². The second-order valence-electron chi connectivity index (χ2n) is 17.2. The second-order valence-corrected chi connectivity index (χ2v) is 17.2. The maximum Gasteiger partial charge on any atom is 0.306 e. The molecule has 8 aliphatic heterocycles. The van der Waals surface area contributed by atoms with Crippen LogP contribution in [-0.2, 0) is 62.3 Å². The number of hydrogen-bond donors (Lipinski definition) is 1. The van der Waals surface area contributed by atoms with Gasteiger partial charge in [-0.3, -0.25) is 9.59 Å². The SMILES string of the molecule is C[C@H]1[C@@H](OCC(CO[C@H]2O[C@H]3O[C@]4(C)CC[C@H]5[C@H](C)CC[C@@H]([C@H]2C)[C@@]35OO4)OC(=O)CCC(=O)O)O[C@H]2O[C@]3(C)CC[C@H]4[C@H](C)CC[C@@H]1[C@@]24OO3. The molecule has 4 bridgehead atoms. The summed E-state index contributed by atoms with van der Waals surface area (Å²) < 4.78 is 44.9. The van der Waals surface area contributed by atoms with Gasteiger partial charge in [-0.25, -0.2) is 19.6 Å². The van der Waals surface area contributed by atoms with Gasteiger partial charge in [-0.15, -0.1) is 0 Å². The van der Waals surface area contributed by atoms with Crippen LogP contribution in [0.4, 0.5) is 0 Å². The van der Waals surface area contributed by atoms with Gasteiger partial charge in [0.2, 0.25) is 11.6 Å². The Labute approximate surface area is 299 Å². The highest BCUT2D eigenvalue weighted by Crippen LogP contribution is 2.62. The third kappa shape index (κ3) is 6.08. The lowest BCUT2D eigenvalue weighted by Gasteiger charge is -2.60. The van der Waals surface area contributed by atoms with Crippen molar-refractivity contribution in [2.45, 2.75) is 160 Å². The largest absolute Gasteiger partial charge is 0.481 e. The molecule has 0 aromatic rings. The molecule has 288 valence electrons. The number of carboxylic acids is 1. The van der Waals surface area contributed by atoms with E-state index in [4.69, 9.17) is 52.7 Å². The highest BCUT2D eigenvalue weighted by atomic mass is 17.3. The van der Waals surface area contributed by atoms with Gasteiger partial charge in [0, 0.05) is 36.5 Å². The van der Waals surface area contributed by atoms with Crippen molar-refractivity contribution in [3.8, 4) is 0 Å². The van der Waals surface area contributed by atoms with E-state index in [9.17, 15) is 14.7 Å². The van der Waals surface area contributed by atoms with Crippen molar-refractivity contribution < 1.29 is 67.4 Å². The molecule has 0 amide bonds. The summed E-state index contributed by atoms with van der Waals surface area (Å²) in [6.45, 7) is 12.4. The third-order valence-corrected chi connectivity index (χ3v) is 13.9. The lowest BCUT2D eigenvalue weighted by Crippen LogP contribution is -2.70. The van der Waals surface area contributed by atoms with Crippen molar-refractivity contribution >= 4 is 11.9 Å². The van der Waals surface area contributed by atoms with E-state index in [1.165, 1.54) is 0 Å². The highest BCUT2D eigenvalue weighted by Gasteiger charge is 2.71. The summed E-state index contributed by atoms with van der Waals surface area (Å²) in [5, 5.41) is 9.18. The molecule has 10 fully saturated rings. The number of aliphatic carboxylic acids is 1. The Kier molecular flexibility index (Phi) is 9.58. The summed E-state index contributed by atoms with van der Waals surface area (Å²) in [4.78, 5) is 48.5. The first kappa shape index (κ1) is 36.5. The summed E-state index contributed by atoms with van der Waals surface area (Å²) in [5.74, 6) is -2.31. The van der Waals surface area contributed by atoms with E-state index in [2.05, 4.69) is 27.7 Å². The fraction of sp³-hybridized carbons (Fsp3) is 0.946. The van der Waals surface area contributed by atoms with Crippen molar-refractivity contribution in [2.75, 3.05) is 13.2 Å². The van der Waals surface area contributed by atoms with Gasteiger partial charge >= 0.3 is 11.9 Å². The zero-order valence-corrected chi connectivity index (χ0v) is 30.7. The van der Waals surface area contributed by atoms with Crippen LogP contribution in [0.1, 0.15) is 106 Å². The van der Waals surface area contributed by atoms with Crippen LogP contribution < -0.4 is 0 Å². The van der Waals surface area contributed by atoms with E-state index < -0.39 is 66.0 Å². The van der Waals surface area contributed by atoms with E-state index in [1.807, 2.05) is 13.8 Å². The van der Waals surface area contributed by atoms with Crippen molar-refractivity contribution in [1.29, 1.82) is 0 Å². The number of ether oxygens (including phenoxy) is 7. The minimum absolute atomic E-state index is 0.0439. The van der Waals surface area contributed by atoms with Gasteiger partial charge in [0.1, 0.15) is 6.10 Å². The maximum atomic E-state index is 12.9. The highest BCUT2D eigenvalue weighted by molar-refractivity contribution is 5.76. The van der Waals surface area contributed by atoms with Gasteiger partial charge in [0.05, 0.1) is 26.1 Å². The molecular weight excluding hydrogens is 668 g/mol. The van der Waals surface area contributed by atoms with Crippen molar-refractivity contribution in [2.24, 2.45) is 47.3 Å². The fourth-order valence-electron chi connectivity index (χ4n) is 11.1. The first-order chi connectivity index (χ1) is 24.3. The molecule has 10 aliphatic rings. The van der Waals surface area contributed by atoms with E-state index >= 15 is 0 Å². The Bertz CT molecular complexity index is 1250. The van der Waals surface area contributed by atoms with Crippen LogP contribution >= 0.6 is 0 Å². The lowest BCUT2D eigenvalue weighted by atomic mass is 9.58. The van der Waals surface area contributed by atoms with Crippen LogP contribution in [0.5, 0.6) is 0 Å². The molecule has 8 heterocycles. The molecule has 16 atom stereocenters. The normalized spacial score (nSPS) is 51.8. The van der Waals surface area contributed by atoms with Gasteiger partial charge in [-0.1, -0.05) is 27.7 Å². The van der Waals surface area contributed by atoms with E-state index in [0.717, 1.165) is 38.5 Å². The van der Waals surface area contributed by atoms with Crippen LogP contribution in [0.2, 0.25) is 0 Å². The Balaban J connectivity index is 0.977. The predicted octanol–water partition coefficient (Wildman–Crippen LogP) is 5.21. The van der Waals surface area contributed by atoms with E-state index in [-0.39, 0.29) is 61.6 Å². The minimum atomic E-state index is -1.08. The Morgan fingerprint density at radius 1 is 0.667 bits per heavy atom. The molecule has 0 radical (unpaired) electrons. The number of carbonyl (C=O) groups is 2. The van der Waals surface area contributed by atoms with Crippen LogP contribution in [0.3, 0.4) is 0 Å². The monoisotopic (exact) mass is 724 g/mol. The van der Waals surface area contributed by atoms with Crippen molar-refractivity contribution in [1.82, 2.24) is 0 Å². The Morgan fingerprint density at radius 2 is 1.14 bits per heavy atom. The molecule has 14 nitrogen and oxygen atoms in total. The van der Waals surface area contributed by atoms with E-state index in [1.54, 1.807) is 0 Å². The average molecular weight is 725 g/mol. The molecule has 0 aromatic carbocycles. The summed E-state index contributed by atoms with van der Waals surface area (Å²) in [6, 6.07) is 0. The first-order valence-corrected chi connectivity index (χ1v) is 19.3. The molecule has 51 heavy (non-hydrogen) atoms. The molecule has 2 saturated carbocycles. The molecule has 8 saturated heterocycles. The first-order valence-electron chi connectivity index (χ1n) is 19.3. The zero-order chi connectivity index (χ0) is 35.9. The molecule has 14 heteroatoms. The fourth-order valence-corrected chi connectivity index (χ4v) is 11.1. The summed E-state index contributed by atoms with van der Waals surface area (Å²) in [5.41, 5.74) is -1.46. The minimum Gasteiger partial charge on any atom is -0.481 e. The summed E-state index contributed by atoms with van der Waals surface area (Å²) in [7, 11) is 0. The lowest BCUT2D eigenvalue weighted by molar-refractivity contribution is -0.578. The van der Waals surface area contributed by atoms with Gasteiger partial charge in [-0.05, 0) is 76.0 Å². The summed E-state index contributed by atoms with van der Waals surface area (Å²) in [6.07, 6.45) is 2.99. The molecule has 1 N–H and O–H groups in total. The molecule has 0 unspecified atom stereocenters. The molecule has 0 aromatic heterocycles. The number of carboxylic acid groups (broad SMARTS) is 1. The Hall–Kier alpha value is -1.46. The smallest absolute Gasteiger partial charge is 0.306 e. The predicted molar refractivity (Wildman–Crippen MR) is 172 cm³/mol. The van der Waals surface area contributed by atoms with Gasteiger partial charge in [0.15, 0.2) is 36.4 Å². The maximum absolute atomic E-state index is 12.9. The number of fused-ring (bicyclic) bond motifs is 4. The number of carbonyl (C=O) groups excluding carboxylic acids is 1. The molecular formula is C37H56O14. The van der Waals surface area contributed by atoms with Gasteiger partial charge in [0.25, 0.3) is 0 Å². The molecule has 2 aliphatic carbocycles. The number of esters is 1. The zero-order valence-electron chi connectivity index (χ0n) is 30.7.